The Morgan fingerprint density at radius 1 is 1.61 bits per heavy atom. The second-order valence-corrected chi connectivity index (χ2v) is 6.00. The van der Waals surface area contributed by atoms with Crippen molar-refractivity contribution in [1.29, 1.82) is 0 Å². The van der Waals surface area contributed by atoms with Crippen LogP contribution in [0.25, 0.3) is 0 Å². The van der Waals surface area contributed by atoms with E-state index < -0.39 is 11.4 Å². The van der Waals surface area contributed by atoms with Gasteiger partial charge in [-0.1, -0.05) is 24.9 Å². The van der Waals surface area contributed by atoms with E-state index in [1.807, 2.05) is 12.3 Å². The van der Waals surface area contributed by atoms with E-state index in [2.05, 4.69) is 9.88 Å². The molecular formula is C12H17ClN2O2S. The molecule has 1 aliphatic rings. The van der Waals surface area contributed by atoms with Gasteiger partial charge in [-0.25, -0.2) is 4.98 Å². The number of aliphatic carboxylic acids is 1. The predicted octanol–water partition coefficient (Wildman–Crippen LogP) is 3.27. The average Bonchev–Trinajstić information content (AvgIpc) is 2.77. The number of aromatic nitrogens is 1. The van der Waals surface area contributed by atoms with Gasteiger partial charge in [-0.3, -0.25) is 4.79 Å². The van der Waals surface area contributed by atoms with E-state index in [1.54, 1.807) is 0 Å². The highest BCUT2D eigenvalue weighted by Crippen LogP contribution is 2.38. The smallest absolute Gasteiger partial charge is 0.309 e. The molecule has 1 N–H and O–H groups in total. The Bertz CT molecular complexity index is 427. The Kier molecular flexibility index (Phi) is 4.12. The predicted molar refractivity (Wildman–Crippen MR) is 73.5 cm³/mol. The van der Waals surface area contributed by atoms with Crippen LogP contribution in [-0.4, -0.2) is 29.1 Å². The molecule has 1 aromatic rings. The summed E-state index contributed by atoms with van der Waals surface area (Å²) in [6.45, 7) is 3.53. The molecule has 0 bridgehead atoms. The highest BCUT2D eigenvalue weighted by atomic mass is 35.5. The van der Waals surface area contributed by atoms with Crippen LogP contribution in [0.4, 0.5) is 5.13 Å². The third-order valence-corrected chi connectivity index (χ3v) is 4.86. The van der Waals surface area contributed by atoms with E-state index in [4.69, 9.17) is 11.6 Å². The second kappa shape index (κ2) is 5.45. The van der Waals surface area contributed by atoms with Crippen molar-refractivity contribution in [3.05, 3.63) is 10.5 Å². The standard InChI is InChI=1S/C12H17ClN2O2S/c1-2-3-12(10(16)17)4-6-15(7-5-12)11-14-9(13)8-18-11/h8H,2-7H2,1H3,(H,16,17). The fourth-order valence-electron chi connectivity index (χ4n) is 2.57. The molecule has 4 nitrogen and oxygen atoms in total. The summed E-state index contributed by atoms with van der Waals surface area (Å²) in [5.41, 5.74) is -0.535. The van der Waals surface area contributed by atoms with E-state index >= 15 is 0 Å². The van der Waals surface area contributed by atoms with Gasteiger partial charge in [0.05, 0.1) is 5.41 Å². The second-order valence-electron chi connectivity index (χ2n) is 4.78. The van der Waals surface area contributed by atoms with Gasteiger partial charge in [-0.2, -0.15) is 0 Å². The summed E-state index contributed by atoms with van der Waals surface area (Å²) in [5.74, 6) is -0.652. The lowest BCUT2D eigenvalue weighted by Crippen LogP contribution is -2.44. The van der Waals surface area contributed by atoms with Crippen LogP contribution in [0.3, 0.4) is 0 Å². The molecule has 0 unspecified atom stereocenters. The van der Waals surface area contributed by atoms with Crippen molar-refractivity contribution < 1.29 is 9.90 Å². The van der Waals surface area contributed by atoms with Gasteiger partial charge in [-0.05, 0) is 19.3 Å². The summed E-state index contributed by atoms with van der Waals surface area (Å²) in [7, 11) is 0. The molecule has 0 radical (unpaired) electrons. The normalized spacial score (nSPS) is 18.9. The van der Waals surface area contributed by atoms with Crippen molar-refractivity contribution in [1.82, 2.24) is 4.98 Å². The van der Waals surface area contributed by atoms with Gasteiger partial charge < -0.3 is 10.0 Å². The first-order valence-corrected chi connectivity index (χ1v) is 7.42. The van der Waals surface area contributed by atoms with Crippen LogP contribution in [0.5, 0.6) is 0 Å². The van der Waals surface area contributed by atoms with Crippen LogP contribution in [0, 0.1) is 5.41 Å². The molecule has 1 fully saturated rings. The molecule has 2 rings (SSSR count). The monoisotopic (exact) mass is 288 g/mol. The van der Waals surface area contributed by atoms with E-state index in [-0.39, 0.29) is 0 Å². The fourth-order valence-corrected chi connectivity index (χ4v) is 3.57. The maximum Gasteiger partial charge on any atom is 0.309 e. The number of carboxylic acids is 1. The van der Waals surface area contributed by atoms with Gasteiger partial charge >= 0.3 is 5.97 Å². The van der Waals surface area contributed by atoms with E-state index in [0.717, 1.165) is 31.1 Å². The number of nitrogens with zero attached hydrogens (tertiary/aromatic N) is 2. The molecule has 1 aromatic heterocycles. The molecule has 0 amide bonds. The van der Waals surface area contributed by atoms with Gasteiger partial charge in [0.2, 0.25) is 0 Å². The lowest BCUT2D eigenvalue weighted by molar-refractivity contribution is -0.150. The fraction of sp³-hybridized carbons (Fsp3) is 0.667. The lowest BCUT2D eigenvalue weighted by atomic mass is 9.75. The molecule has 0 spiro atoms. The number of anilines is 1. The van der Waals surface area contributed by atoms with Crippen molar-refractivity contribution in [2.45, 2.75) is 32.6 Å². The minimum absolute atomic E-state index is 0.513. The van der Waals surface area contributed by atoms with Gasteiger partial charge in [-0.15, -0.1) is 11.3 Å². The summed E-state index contributed by atoms with van der Waals surface area (Å²) in [5, 5.41) is 12.6. The Balaban J connectivity index is 2.04. The quantitative estimate of drug-likeness (QED) is 0.924. The van der Waals surface area contributed by atoms with Crippen molar-refractivity contribution in [3.8, 4) is 0 Å². The van der Waals surface area contributed by atoms with Crippen LogP contribution in [0.2, 0.25) is 5.15 Å². The summed E-state index contributed by atoms with van der Waals surface area (Å²) < 4.78 is 0. The molecule has 0 saturated carbocycles. The number of halogens is 1. The maximum absolute atomic E-state index is 11.5. The van der Waals surface area contributed by atoms with E-state index in [0.29, 0.717) is 18.0 Å². The largest absolute Gasteiger partial charge is 0.481 e. The number of carboxylic acid groups (broad SMARTS) is 1. The molecule has 2 heterocycles. The average molecular weight is 289 g/mol. The summed E-state index contributed by atoms with van der Waals surface area (Å²) in [6.07, 6.45) is 3.05. The molecule has 0 aromatic carbocycles. The van der Waals surface area contributed by atoms with Gasteiger partial charge in [0, 0.05) is 18.5 Å². The number of piperidine rings is 1. The van der Waals surface area contributed by atoms with E-state index in [9.17, 15) is 9.90 Å². The molecule has 100 valence electrons. The van der Waals surface area contributed by atoms with Crippen molar-refractivity contribution >= 4 is 34.0 Å². The zero-order chi connectivity index (χ0) is 13.2. The minimum Gasteiger partial charge on any atom is -0.481 e. The van der Waals surface area contributed by atoms with Crippen LogP contribution in [-0.2, 0) is 4.79 Å². The first-order chi connectivity index (χ1) is 8.57. The Morgan fingerprint density at radius 2 is 2.28 bits per heavy atom. The minimum atomic E-state index is -0.652. The first-order valence-electron chi connectivity index (χ1n) is 6.17. The van der Waals surface area contributed by atoms with Crippen molar-refractivity contribution in [2.24, 2.45) is 5.41 Å². The molecule has 1 aliphatic heterocycles. The zero-order valence-corrected chi connectivity index (χ0v) is 11.9. The van der Waals surface area contributed by atoms with Crippen molar-refractivity contribution in [3.63, 3.8) is 0 Å². The highest BCUT2D eigenvalue weighted by molar-refractivity contribution is 7.14. The number of thiazole rings is 1. The summed E-state index contributed by atoms with van der Waals surface area (Å²) in [4.78, 5) is 17.8. The topological polar surface area (TPSA) is 53.4 Å². The first kappa shape index (κ1) is 13.6. The zero-order valence-electron chi connectivity index (χ0n) is 10.4. The van der Waals surface area contributed by atoms with Crippen LogP contribution >= 0.6 is 22.9 Å². The molecule has 0 aliphatic carbocycles. The Labute approximate surface area is 116 Å². The summed E-state index contributed by atoms with van der Waals surface area (Å²) in [6, 6.07) is 0. The summed E-state index contributed by atoms with van der Waals surface area (Å²) >= 11 is 7.33. The molecule has 6 heteroatoms. The van der Waals surface area contributed by atoms with Crippen molar-refractivity contribution in [2.75, 3.05) is 18.0 Å². The number of carbonyl (C=O) groups is 1. The van der Waals surface area contributed by atoms with Gasteiger partial charge in [0.15, 0.2) is 5.13 Å². The highest BCUT2D eigenvalue weighted by Gasteiger charge is 2.40. The molecule has 0 atom stereocenters. The van der Waals surface area contributed by atoms with Gasteiger partial charge in [0.1, 0.15) is 5.15 Å². The number of hydrogen-bond acceptors (Lipinski definition) is 4. The SMILES string of the molecule is CCCC1(C(=O)O)CCN(c2nc(Cl)cs2)CC1. The lowest BCUT2D eigenvalue weighted by Gasteiger charge is -2.38. The van der Waals surface area contributed by atoms with Crippen LogP contribution in [0.1, 0.15) is 32.6 Å². The Hall–Kier alpha value is -0.810. The molecule has 18 heavy (non-hydrogen) atoms. The van der Waals surface area contributed by atoms with Crippen LogP contribution < -0.4 is 4.90 Å². The number of rotatable bonds is 4. The third kappa shape index (κ3) is 2.62. The van der Waals surface area contributed by atoms with E-state index in [1.165, 1.54) is 11.3 Å². The number of hydrogen-bond donors (Lipinski definition) is 1. The maximum atomic E-state index is 11.5. The van der Waals surface area contributed by atoms with Crippen LogP contribution in [0.15, 0.2) is 5.38 Å². The third-order valence-electron chi connectivity index (χ3n) is 3.64. The molecule has 1 saturated heterocycles. The van der Waals surface area contributed by atoms with Gasteiger partial charge in [0.25, 0.3) is 0 Å². The Morgan fingerprint density at radius 3 is 2.72 bits per heavy atom. The molecular weight excluding hydrogens is 272 g/mol.